The van der Waals surface area contributed by atoms with Crippen LogP contribution in [0.5, 0.6) is 0 Å². The molecule has 2 aromatic rings. The minimum atomic E-state index is -0.461. The van der Waals surface area contributed by atoms with Crippen LogP contribution < -0.4 is 26.8 Å². The van der Waals surface area contributed by atoms with Crippen LogP contribution >= 0.6 is 0 Å². The Morgan fingerprint density at radius 3 is 2.30 bits per heavy atom. The summed E-state index contributed by atoms with van der Waals surface area (Å²) in [4.78, 5) is 44.1. The summed E-state index contributed by atoms with van der Waals surface area (Å²) in [7, 11) is 2.12. The predicted octanol–water partition coefficient (Wildman–Crippen LogP) is 1.84. The standard InChI is InChI=1S/C24H32N6O3/c1-29-12-14-30(15-13-29)19-8-6-18(7-9-19)28-24(33)21-20(10-11-26-23(21)32)27-17-4-2-16(3-5-17)22(25)31/h6-11,16-17H,2-5,12-15H2,1H3,(H2,25,31)(H,28,33)(H2,26,27,32). The van der Waals surface area contributed by atoms with E-state index in [0.29, 0.717) is 24.2 Å². The molecular formula is C24H32N6O3. The molecule has 9 nitrogen and oxygen atoms in total. The lowest BCUT2D eigenvalue weighted by atomic mass is 9.85. The zero-order valence-corrected chi connectivity index (χ0v) is 19.0. The topological polar surface area (TPSA) is 124 Å². The summed E-state index contributed by atoms with van der Waals surface area (Å²) < 4.78 is 0. The lowest BCUT2D eigenvalue weighted by Crippen LogP contribution is -2.44. The Bertz CT molecular complexity index is 1030. The van der Waals surface area contributed by atoms with Crippen LogP contribution in [-0.4, -0.2) is 61.0 Å². The number of hydrogen-bond acceptors (Lipinski definition) is 6. The number of likely N-dealkylation sites (N-methyl/N-ethyl adjacent to an activating group) is 1. The van der Waals surface area contributed by atoms with Gasteiger partial charge in [-0.2, -0.15) is 0 Å². The summed E-state index contributed by atoms with van der Waals surface area (Å²) in [5, 5.41) is 6.18. The van der Waals surface area contributed by atoms with Crippen LogP contribution in [0, 0.1) is 5.92 Å². The SMILES string of the molecule is CN1CCN(c2ccc(NC(=O)c3c(NC4CCC(C(N)=O)CC4)cc[nH]c3=O)cc2)CC1. The smallest absolute Gasteiger partial charge is 0.263 e. The molecule has 1 aromatic carbocycles. The highest BCUT2D eigenvalue weighted by Crippen LogP contribution is 2.27. The number of nitrogens with zero attached hydrogens (tertiary/aromatic N) is 2. The van der Waals surface area contributed by atoms with Crippen LogP contribution in [0.15, 0.2) is 41.3 Å². The fraction of sp³-hybridized carbons (Fsp3) is 0.458. The van der Waals surface area contributed by atoms with Gasteiger partial charge in [0.2, 0.25) is 5.91 Å². The molecule has 1 saturated carbocycles. The average molecular weight is 453 g/mol. The molecular weight excluding hydrogens is 420 g/mol. The molecule has 9 heteroatoms. The van der Waals surface area contributed by atoms with E-state index in [4.69, 9.17) is 5.73 Å². The van der Waals surface area contributed by atoms with Crippen molar-refractivity contribution in [1.29, 1.82) is 0 Å². The van der Waals surface area contributed by atoms with E-state index in [-0.39, 0.29) is 23.4 Å². The highest BCUT2D eigenvalue weighted by atomic mass is 16.2. The van der Waals surface area contributed by atoms with Crippen molar-refractivity contribution >= 4 is 28.9 Å². The molecule has 2 fully saturated rings. The van der Waals surface area contributed by atoms with Crippen molar-refractivity contribution in [2.45, 2.75) is 31.7 Å². The number of piperazine rings is 1. The average Bonchev–Trinajstić information content (AvgIpc) is 2.80. The van der Waals surface area contributed by atoms with Crippen molar-refractivity contribution in [3.05, 3.63) is 52.4 Å². The zero-order valence-electron chi connectivity index (χ0n) is 19.0. The van der Waals surface area contributed by atoms with Crippen molar-refractivity contribution in [3.8, 4) is 0 Å². The maximum Gasteiger partial charge on any atom is 0.263 e. The maximum absolute atomic E-state index is 13.0. The maximum atomic E-state index is 13.0. The number of carbonyl (C=O) groups excluding carboxylic acids is 2. The van der Waals surface area contributed by atoms with Gasteiger partial charge in [0, 0.05) is 55.7 Å². The quantitative estimate of drug-likeness (QED) is 0.530. The van der Waals surface area contributed by atoms with E-state index in [1.807, 2.05) is 24.3 Å². The van der Waals surface area contributed by atoms with Crippen molar-refractivity contribution in [1.82, 2.24) is 9.88 Å². The number of aromatic amines is 1. The number of nitrogens with two attached hydrogens (primary N) is 1. The van der Waals surface area contributed by atoms with Crippen molar-refractivity contribution in [2.75, 3.05) is 48.8 Å². The highest BCUT2D eigenvalue weighted by Gasteiger charge is 2.26. The van der Waals surface area contributed by atoms with Gasteiger partial charge < -0.3 is 31.2 Å². The van der Waals surface area contributed by atoms with Gasteiger partial charge in [0.05, 0.1) is 5.69 Å². The van der Waals surface area contributed by atoms with E-state index in [0.717, 1.165) is 44.7 Å². The Morgan fingerprint density at radius 2 is 1.67 bits per heavy atom. The van der Waals surface area contributed by atoms with Crippen LogP contribution in [-0.2, 0) is 4.79 Å². The first kappa shape index (κ1) is 22.8. The second-order valence-corrected chi connectivity index (χ2v) is 8.98. The molecule has 2 heterocycles. The number of nitrogens with one attached hydrogen (secondary N) is 3. The lowest BCUT2D eigenvalue weighted by molar-refractivity contribution is -0.122. The monoisotopic (exact) mass is 452 g/mol. The van der Waals surface area contributed by atoms with Crippen LogP contribution in [0.4, 0.5) is 17.1 Å². The zero-order chi connectivity index (χ0) is 23.4. The fourth-order valence-corrected chi connectivity index (χ4v) is 4.58. The van der Waals surface area contributed by atoms with Crippen LogP contribution in [0.3, 0.4) is 0 Å². The fourth-order valence-electron chi connectivity index (χ4n) is 4.58. The number of primary amides is 1. The van der Waals surface area contributed by atoms with Crippen molar-refractivity contribution < 1.29 is 9.59 Å². The lowest BCUT2D eigenvalue weighted by Gasteiger charge is -2.34. The first-order valence-electron chi connectivity index (χ1n) is 11.5. The molecule has 0 unspecified atom stereocenters. The van der Waals surface area contributed by atoms with Crippen molar-refractivity contribution in [2.24, 2.45) is 11.7 Å². The Hall–Kier alpha value is -3.33. The van der Waals surface area contributed by atoms with Gasteiger partial charge in [0.25, 0.3) is 11.5 Å². The van der Waals surface area contributed by atoms with E-state index in [9.17, 15) is 14.4 Å². The van der Waals surface area contributed by atoms with Gasteiger partial charge in [-0.3, -0.25) is 14.4 Å². The molecule has 0 radical (unpaired) electrons. The third-order valence-electron chi connectivity index (χ3n) is 6.67. The normalized spacial score (nSPS) is 21.4. The van der Waals surface area contributed by atoms with Gasteiger partial charge in [-0.05, 0) is 63.1 Å². The van der Waals surface area contributed by atoms with E-state index in [1.54, 1.807) is 6.07 Å². The Labute approximate surface area is 193 Å². The number of rotatable bonds is 6. The molecule has 33 heavy (non-hydrogen) atoms. The van der Waals surface area contributed by atoms with E-state index >= 15 is 0 Å². The predicted molar refractivity (Wildman–Crippen MR) is 130 cm³/mol. The molecule has 1 aliphatic carbocycles. The number of aromatic nitrogens is 1. The van der Waals surface area contributed by atoms with E-state index < -0.39 is 11.5 Å². The first-order valence-corrected chi connectivity index (χ1v) is 11.5. The summed E-state index contributed by atoms with van der Waals surface area (Å²) in [5.74, 6) is -0.820. The van der Waals surface area contributed by atoms with Crippen LogP contribution in [0.25, 0.3) is 0 Å². The number of amides is 2. The number of hydrogen-bond donors (Lipinski definition) is 4. The summed E-state index contributed by atoms with van der Waals surface area (Å²) in [6.07, 6.45) is 4.46. The van der Waals surface area contributed by atoms with Crippen LogP contribution in [0.2, 0.25) is 0 Å². The van der Waals surface area contributed by atoms with Gasteiger partial charge >= 0.3 is 0 Å². The number of anilines is 3. The van der Waals surface area contributed by atoms with Gasteiger partial charge in [-0.25, -0.2) is 0 Å². The third kappa shape index (κ3) is 5.54. The van der Waals surface area contributed by atoms with E-state index in [2.05, 4.69) is 32.5 Å². The molecule has 4 rings (SSSR count). The molecule has 1 aliphatic heterocycles. The summed E-state index contributed by atoms with van der Waals surface area (Å²) in [6, 6.07) is 9.49. The second-order valence-electron chi connectivity index (χ2n) is 8.98. The Morgan fingerprint density at radius 1 is 1.00 bits per heavy atom. The summed E-state index contributed by atoms with van der Waals surface area (Å²) in [5.41, 5.74) is 7.27. The summed E-state index contributed by atoms with van der Waals surface area (Å²) >= 11 is 0. The number of H-pyrrole nitrogens is 1. The summed E-state index contributed by atoms with van der Waals surface area (Å²) in [6.45, 7) is 3.99. The third-order valence-corrected chi connectivity index (χ3v) is 6.67. The molecule has 176 valence electrons. The molecule has 0 bridgehead atoms. The van der Waals surface area contributed by atoms with Crippen molar-refractivity contribution in [3.63, 3.8) is 0 Å². The molecule has 2 amide bonds. The van der Waals surface area contributed by atoms with E-state index in [1.165, 1.54) is 6.20 Å². The minimum Gasteiger partial charge on any atom is -0.381 e. The molecule has 1 aromatic heterocycles. The number of pyridine rings is 1. The minimum absolute atomic E-state index is 0.0534. The Balaban J connectivity index is 1.42. The van der Waals surface area contributed by atoms with Gasteiger partial charge in [-0.1, -0.05) is 0 Å². The second kappa shape index (κ2) is 10.1. The van der Waals surface area contributed by atoms with Gasteiger partial charge in [0.1, 0.15) is 5.56 Å². The molecule has 0 spiro atoms. The van der Waals surface area contributed by atoms with Gasteiger partial charge in [0.15, 0.2) is 0 Å². The molecule has 0 atom stereocenters. The number of benzene rings is 1. The number of carbonyl (C=O) groups is 2. The Kier molecular flexibility index (Phi) is 6.98. The highest BCUT2D eigenvalue weighted by molar-refractivity contribution is 6.07. The first-order chi connectivity index (χ1) is 15.9. The van der Waals surface area contributed by atoms with Gasteiger partial charge in [-0.15, -0.1) is 0 Å². The molecule has 2 aliphatic rings. The molecule has 1 saturated heterocycles. The largest absolute Gasteiger partial charge is 0.381 e. The van der Waals surface area contributed by atoms with Crippen LogP contribution in [0.1, 0.15) is 36.0 Å². The molecule has 5 N–H and O–H groups in total.